The van der Waals surface area contributed by atoms with Gasteiger partial charge in [-0.3, -0.25) is 0 Å². The molecule has 1 fully saturated rings. The van der Waals surface area contributed by atoms with Crippen molar-refractivity contribution >= 4 is 0 Å². The van der Waals surface area contributed by atoms with Crippen LogP contribution in [0.2, 0.25) is 0 Å². The summed E-state index contributed by atoms with van der Waals surface area (Å²) in [6.45, 7) is 6.01. The second-order valence-electron chi connectivity index (χ2n) is 5.84. The summed E-state index contributed by atoms with van der Waals surface area (Å²) in [5, 5.41) is 3.52. The van der Waals surface area contributed by atoms with Crippen LogP contribution >= 0.6 is 0 Å². The highest BCUT2D eigenvalue weighted by molar-refractivity contribution is 5.54. The summed E-state index contributed by atoms with van der Waals surface area (Å²) in [6, 6.07) is 2.35. The fourth-order valence-electron chi connectivity index (χ4n) is 3.68. The fourth-order valence-corrected chi connectivity index (χ4v) is 3.68. The van der Waals surface area contributed by atoms with Crippen LogP contribution in [-0.2, 0) is 24.2 Å². The molecule has 20 heavy (non-hydrogen) atoms. The van der Waals surface area contributed by atoms with E-state index in [1.165, 1.54) is 40.8 Å². The van der Waals surface area contributed by atoms with Gasteiger partial charge in [0.25, 0.3) is 0 Å². The van der Waals surface area contributed by atoms with Crippen LogP contribution in [0.25, 0.3) is 0 Å². The first-order valence-corrected chi connectivity index (χ1v) is 7.85. The van der Waals surface area contributed by atoms with Gasteiger partial charge in [0.1, 0.15) is 5.75 Å². The highest BCUT2D eigenvalue weighted by Gasteiger charge is 2.27. The van der Waals surface area contributed by atoms with E-state index in [1.54, 1.807) is 7.11 Å². The summed E-state index contributed by atoms with van der Waals surface area (Å²) in [7, 11) is 1.78. The first kappa shape index (κ1) is 13.9. The topological polar surface area (TPSA) is 30.5 Å². The summed E-state index contributed by atoms with van der Waals surface area (Å²) < 4.78 is 11.4. The second-order valence-corrected chi connectivity index (χ2v) is 5.84. The molecular weight excluding hydrogens is 250 g/mol. The molecule has 1 aromatic rings. The second kappa shape index (κ2) is 6.15. The first-order chi connectivity index (χ1) is 9.85. The Balaban J connectivity index is 2.04. The lowest BCUT2D eigenvalue weighted by atomic mass is 9.85. The molecule has 0 bridgehead atoms. The number of hydrogen-bond donors (Lipinski definition) is 1. The molecule has 2 aliphatic rings. The predicted molar refractivity (Wildman–Crippen MR) is 80.6 cm³/mol. The Morgan fingerprint density at radius 1 is 1.45 bits per heavy atom. The summed E-state index contributed by atoms with van der Waals surface area (Å²) in [6.07, 6.45) is 4.64. The number of hydrogen-bond acceptors (Lipinski definition) is 3. The third-order valence-electron chi connectivity index (χ3n) is 4.61. The van der Waals surface area contributed by atoms with Crippen LogP contribution in [-0.4, -0.2) is 26.8 Å². The lowest BCUT2D eigenvalue weighted by molar-refractivity contribution is 0.184. The molecule has 3 heteroatoms. The number of rotatable bonds is 4. The highest BCUT2D eigenvalue weighted by atomic mass is 16.5. The summed E-state index contributed by atoms with van der Waals surface area (Å²) in [5.41, 5.74) is 5.67. The van der Waals surface area contributed by atoms with Crippen LogP contribution < -0.4 is 10.1 Å². The molecule has 110 valence electrons. The highest BCUT2D eigenvalue weighted by Crippen LogP contribution is 2.40. The number of benzene rings is 1. The molecule has 3 rings (SSSR count). The van der Waals surface area contributed by atoms with Crippen LogP contribution in [0.15, 0.2) is 6.07 Å². The van der Waals surface area contributed by atoms with E-state index in [2.05, 4.69) is 18.3 Å². The lowest BCUT2D eigenvalue weighted by Crippen LogP contribution is -2.28. The molecule has 2 aliphatic heterocycles. The maximum absolute atomic E-state index is 5.99. The van der Waals surface area contributed by atoms with E-state index in [0.29, 0.717) is 12.5 Å². The zero-order valence-electron chi connectivity index (χ0n) is 12.6. The van der Waals surface area contributed by atoms with Gasteiger partial charge in [-0.05, 0) is 48.6 Å². The molecule has 0 saturated carbocycles. The lowest BCUT2D eigenvalue weighted by Gasteiger charge is -2.26. The minimum atomic E-state index is 0.595. The van der Waals surface area contributed by atoms with Crippen molar-refractivity contribution in [3.63, 3.8) is 0 Å². The van der Waals surface area contributed by atoms with E-state index in [4.69, 9.17) is 9.47 Å². The van der Waals surface area contributed by atoms with Gasteiger partial charge in [0, 0.05) is 31.6 Å². The van der Waals surface area contributed by atoms with Crippen LogP contribution in [0, 0.1) is 0 Å². The van der Waals surface area contributed by atoms with E-state index >= 15 is 0 Å². The van der Waals surface area contributed by atoms with E-state index in [0.717, 1.165) is 32.5 Å². The first-order valence-electron chi connectivity index (χ1n) is 7.85. The zero-order valence-corrected chi connectivity index (χ0v) is 12.6. The largest absolute Gasteiger partial charge is 0.493 e. The minimum absolute atomic E-state index is 0.595. The van der Waals surface area contributed by atoms with Gasteiger partial charge in [-0.15, -0.1) is 0 Å². The van der Waals surface area contributed by atoms with Crippen LogP contribution in [0.5, 0.6) is 5.75 Å². The van der Waals surface area contributed by atoms with Crippen molar-refractivity contribution in [2.75, 3.05) is 26.8 Å². The Morgan fingerprint density at radius 2 is 2.35 bits per heavy atom. The predicted octanol–water partition coefficient (Wildman–Crippen LogP) is 2.80. The molecule has 1 saturated heterocycles. The van der Waals surface area contributed by atoms with E-state index in [9.17, 15) is 0 Å². The quantitative estimate of drug-likeness (QED) is 0.916. The van der Waals surface area contributed by atoms with Gasteiger partial charge in [0.2, 0.25) is 0 Å². The molecule has 0 aromatic heterocycles. The number of methoxy groups -OCH3 is 1. The van der Waals surface area contributed by atoms with Gasteiger partial charge in [-0.1, -0.05) is 6.92 Å². The van der Waals surface area contributed by atoms with Gasteiger partial charge in [0.05, 0.1) is 13.2 Å². The Morgan fingerprint density at radius 3 is 3.05 bits per heavy atom. The smallest absolute Gasteiger partial charge is 0.126 e. The van der Waals surface area contributed by atoms with Gasteiger partial charge < -0.3 is 14.8 Å². The number of fused-ring (bicyclic) bond motifs is 1. The molecule has 0 amide bonds. The molecule has 1 N–H and O–H groups in total. The summed E-state index contributed by atoms with van der Waals surface area (Å²) in [4.78, 5) is 0. The van der Waals surface area contributed by atoms with Crippen LogP contribution in [0.3, 0.4) is 0 Å². The number of nitrogens with one attached hydrogen (secondary N) is 1. The van der Waals surface area contributed by atoms with Crippen LogP contribution in [0.4, 0.5) is 0 Å². The van der Waals surface area contributed by atoms with Crippen molar-refractivity contribution in [2.45, 2.75) is 45.1 Å². The standard InChI is InChI=1S/C17H25NO2/c1-3-14-13(11-19-2)9-16(12-5-4-7-18-10-12)17-15(14)6-8-20-17/h9,12,18H,3-8,10-11H2,1-2H3. The average Bonchev–Trinajstić information content (AvgIpc) is 2.97. The van der Waals surface area contributed by atoms with Crippen molar-refractivity contribution < 1.29 is 9.47 Å². The normalized spacial score (nSPS) is 21.6. The van der Waals surface area contributed by atoms with E-state index in [-0.39, 0.29) is 0 Å². The molecule has 1 aromatic carbocycles. The maximum Gasteiger partial charge on any atom is 0.126 e. The summed E-state index contributed by atoms with van der Waals surface area (Å²) in [5.74, 6) is 1.78. The molecule has 2 heterocycles. The Hall–Kier alpha value is -1.06. The van der Waals surface area contributed by atoms with Crippen molar-refractivity contribution in [1.82, 2.24) is 5.32 Å². The number of piperidine rings is 1. The molecule has 1 unspecified atom stereocenters. The number of ether oxygens (including phenoxy) is 2. The average molecular weight is 275 g/mol. The van der Waals surface area contributed by atoms with Gasteiger partial charge in [0.15, 0.2) is 0 Å². The fraction of sp³-hybridized carbons (Fsp3) is 0.647. The third-order valence-corrected chi connectivity index (χ3v) is 4.61. The van der Waals surface area contributed by atoms with Crippen molar-refractivity contribution in [3.05, 3.63) is 28.3 Å². The monoisotopic (exact) mass is 275 g/mol. The molecule has 0 spiro atoms. The van der Waals surface area contributed by atoms with E-state index < -0.39 is 0 Å². The van der Waals surface area contributed by atoms with Crippen molar-refractivity contribution in [1.29, 1.82) is 0 Å². The Labute approximate surface area is 121 Å². The molecular formula is C17H25NO2. The summed E-state index contributed by atoms with van der Waals surface area (Å²) >= 11 is 0. The SMILES string of the molecule is CCc1c(COC)cc(C2CCCNC2)c2c1CCO2. The molecule has 0 aliphatic carbocycles. The zero-order chi connectivity index (χ0) is 13.9. The van der Waals surface area contributed by atoms with Gasteiger partial charge in [-0.2, -0.15) is 0 Å². The van der Waals surface area contributed by atoms with Gasteiger partial charge in [-0.25, -0.2) is 0 Å². The third kappa shape index (κ3) is 2.45. The minimum Gasteiger partial charge on any atom is -0.493 e. The molecule has 3 nitrogen and oxygen atoms in total. The Kier molecular flexibility index (Phi) is 4.27. The van der Waals surface area contributed by atoms with Crippen LogP contribution in [0.1, 0.15) is 47.9 Å². The maximum atomic E-state index is 5.99. The molecule has 1 atom stereocenters. The Bertz CT molecular complexity index is 478. The van der Waals surface area contributed by atoms with Crippen molar-refractivity contribution in [3.8, 4) is 5.75 Å². The van der Waals surface area contributed by atoms with E-state index in [1.807, 2.05) is 0 Å². The molecule has 0 radical (unpaired) electrons. The van der Waals surface area contributed by atoms with Crippen molar-refractivity contribution in [2.24, 2.45) is 0 Å². The van der Waals surface area contributed by atoms with Gasteiger partial charge >= 0.3 is 0 Å².